The lowest BCUT2D eigenvalue weighted by molar-refractivity contribution is 0.0528. The van der Waals surface area contributed by atoms with E-state index in [0.29, 0.717) is 22.8 Å². The molecule has 2 rings (SSSR count). The molecule has 0 N–H and O–H groups in total. The molecule has 0 aliphatic heterocycles. The highest BCUT2D eigenvalue weighted by Crippen LogP contribution is 2.14. The molecule has 2 aromatic rings. The quantitative estimate of drug-likeness (QED) is 0.575. The van der Waals surface area contributed by atoms with Gasteiger partial charge in [0, 0.05) is 6.07 Å². The maximum absolute atomic E-state index is 11.5. The summed E-state index contributed by atoms with van der Waals surface area (Å²) >= 11 is 5.72. The van der Waals surface area contributed by atoms with Gasteiger partial charge in [0.2, 0.25) is 0 Å². The molecule has 2 aromatic heterocycles. The van der Waals surface area contributed by atoms with Crippen LogP contribution in [0.1, 0.15) is 17.3 Å². The third kappa shape index (κ3) is 1.78. The van der Waals surface area contributed by atoms with Crippen LogP contribution in [0, 0.1) is 0 Å². The number of carbonyl (C=O) groups is 1. The number of aromatic nitrogens is 3. The molecule has 6 heteroatoms. The lowest BCUT2D eigenvalue weighted by atomic mass is 10.3. The summed E-state index contributed by atoms with van der Waals surface area (Å²) in [5.41, 5.74) is 0.981. The Kier molecular flexibility index (Phi) is 2.55. The Hall–Kier alpha value is -1.62. The number of rotatable bonds is 2. The normalized spacial score (nSPS) is 10.5. The minimum atomic E-state index is -0.408. The number of hydrogen-bond donors (Lipinski definition) is 0. The molecule has 2 heterocycles. The fourth-order valence-corrected chi connectivity index (χ4v) is 1.38. The van der Waals surface area contributed by atoms with Crippen LogP contribution in [-0.2, 0) is 4.74 Å². The zero-order chi connectivity index (χ0) is 10.8. The molecule has 5 nitrogen and oxygen atoms in total. The van der Waals surface area contributed by atoms with Crippen molar-refractivity contribution in [3.05, 3.63) is 29.3 Å². The summed E-state index contributed by atoms with van der Waals surface area (Å²) < 4.78 is 6.35. The predicted molar refractivity (Wildman–Crippen MR) is 54.0 cm³/mol. The Morgan fingerprint density at radius 3 is 3.20 bits per heavy atom. The van der Waals surface area contributed by atoms with E-state index in [1.54, 1.807) is 13.0 Å². The van der Waals surface area contributed by atoms with Crippen molar-refractivity contribution in [2.24, 2.45) is 0 Å². The summed E-state index contributed by atoms with van der Waals surface area (Å²) in [5.74, 6) is -0.408. The second-order valence-corrected chi connectivity index (χ2v) is 3.21. The van der Waals surface area contributed by atoms with E-state index in [1.165, 1.54) is 17.0 Å². The van der Waals surface area contributed by atoms with Crippen molar-refractivity contribution >= 4 is 23.1 Å². The number of halogens is 1. The van der Waals surface area contributed by atoms with Crippen LogP contribution in [0.15, 0.2) is 18.6 Å². The Morgan fingerprint density at radius 1 is 1.67 bits per heavy atom. The first-order valence-electron chi connectivity index (χ1n) is 4.38. The number of hydrogen-bond acceptors (Lipinski definition) is 4. The van der Waals surface area contributed by atoms with Crippen LogP contribution < -0.4 is 0 Å². The van der Waals surface area contributed by atoms with E-state index in [0.717, 1.165) is 0 Å². The molecular formula is C9H8ClN3O2. The summed E-state index contributed by atoms with van der Waals surface area (Å²) in [6.07, 6.45) is 2.88. The highest BCUT2D eigenvalue weighted by molar-refractivity contribution is 6.29. The minimum absolute atomic E-state index is 0.313. The van der Waals surface area contributed by atoms with Gasteiger partial charge in [0.05, 0.1) is 18.3 Å². The van der Waals surface area contributed by atoms with Gasteiger partial charge in [0.25, 0.3) is 0 Å². The highest BCUT2D eigenvalue weighted by atomic mass is 35.5. The van der Waals surface area contributed by atoms with Gasteiger partial charge in [-0.3, -0.25) is 0 Å². The molecule has 0 fully saturated rings. The van der Waals surface area contributed by atoms with E-state index in [-0.39, 0.29) is 0 Å². The van der Waals surface area contributed by atoms with Gasteiger partial charge in [-0.25, -0.2) is 14.3 Å². The van der Waals surface area contributed by atoms with Crippen LogP contribution in [-0.4, -0.2) is 27.2 Å². The van der Waals surface area contributed by atoms with Gasteiger partial charge < -0.3 is 4.74 Å². The van der Waals surface area contributed by atoms with Crippen molar-refractivity contribution in [3.8, 4) is 0 Å². The zero-order valence-electron chi connectivity index (χ0n) is 7.98. The molecule has 78 valence electrons. The molecule has 15 heavy (non-hydrogen) atoms. The van der Waals surface area contributed by atoms with Crippen molar-refractivity contribution < 1.29 is 9.53 Å². The summed E-state index contributed by atoms with van der Waals surface area (Å²) in [6, 6.07) is 1.57. The van der Waals surface area contributed by atoms with Gasteiger partial charge in [0.1, 0.15) is 17.0 Å². The van der Waals surface area contributed by atoms with Crippen molar-refractivity contribution in [3.63, 3.8) is 0 Å². The van der Waals surface area contributed by atoms with E-state index in [9.17, 15) is 4.79 Å². The summed E-state index contributed by atoms with van der Waals surface area (Å²) in [4.78, 5) is 15.3. The molecule has 0 saturated heterocycles. The Morgan fingerprint density at radius 2 is 2.47 bits per heavy atom. The molecule has 0 unspecified atom stereocenters. The Balaban J connectivity index is 2.52. The smallest absolute Gasteiger partial charge is 0.341 e. The fraction of sp³-hybridized carbons (Fsp3) is 0.222. The molecular weight excluding hydrogens is 218 g/mol. The average Bonchev–Trinajstić information content (AvgIpc) is 2.60. The molecule has 0 bridgehead atoms. The third-order valence-corrected chi connectivity index (χ3v) is 2.08. The summed E-state index contributed by atoms with van der Waals surface area (Å²) in [6.45, 7) is 2.08. The van der Waals surface area contributed by atoms with Crippen molar-refractivity contribution in [2.75, 3.05) is 6.61 Å². The van der Waals surface area contributed by atoms with Gasteiger partial charge in [0.15, 0.2) is 0 Å². The monoisotopic (exact) mass is 225 g/mol. The molecule has 0 aromatic carbocycles. The highest BCUT2D eigenvalue weighted by Gasteiger charge is 2.13. The number of ether oxygens (including phenoxy) is 1. The van der Waals surface area contributed by atoms with Crippen molar-refractivity contribution in [1.82, 2.24) is 14.6 Å². The van der Waals surface area contributed by atoms with Crippen LogP contribution in [0.3, 0.4) is 0 Å². The molecule has 0 amide bonds. The van der Waals surface area contributed by atoms with E-state index in [4.69, 9.17) is 16.3 Å². The molecule has 0 aliphatic rings. The topological polar surface area (TPSA) is 56.5 Å². The standard InChI is InChI=1S/C9H8ClN3O2/c1-2-15-9(14)6-4-12-13-5-11-8(10)3-7(6)13/h3-5H,2H2,1H3. The SMILES string of the molecule is CCOC(=O)c1cnn2cnc(Cl)cc12. The average molecular weight is 226 g/mol. The van der Waals surface area contributed by atoms with Gasteiger partial charge in [-0.2, -0.15) is 5.10 Å². The number of carbonyl (C=O) groups excluding carboxylic acids is 1. The molecule has 0 atom stereocenters. The Bertz CT molecular complexity index is 509. The lowest BCUT2D eigenvalue weighted by Crippen LogP contribution is -2.04. The maximum atomic E-state index is 11.5. The summed E-state index contributed by atoms with van der Waals surface area (Å²) in [5, 5.41) is 4.27. The zero-order valence-corrected chi connectivity index (χ0v) is 8.73. The van der Waals surface area contributed by atoms with Crippen molar-refractivity contribution in [2.45, 2.75) is 6.92 Å². The van der Waals surface area contributed by atoms with Gasteiger partial charge >= 0.3 is 5.97 Å². The van der Waals surface area contributed by atoms with Crippen LogP contribution in [0.2, 0.25) is 5.15 Å². The van der Waals surface area contributed by atoms with Gasteiger partial charge in [-0.15, -0.1) is 0 Å². The molecule has 0 radical (unpaired) electrons. The molecule has 0 saturated carbocycles. The lowest BCUT2D eigenvalue weighted by Gasteiger charge is -1.99. The second kappa shape index (κ2) is 3.86. The first-order valence-corrected chi connectivity index (χ1v) is 4.76. The van der Waals surface area contributed by atoms with E-state index < -0.39 is 5.97 Å². The van der Waals surface area contributed by atoms with Crippen LogP contribution in [0.25, 0.3) is 5.52 Å². The van der Waals surface area contributed by atoms with E-state index in [1.807, 2.05) is 0 Å². The third-order valence-electron chi connectivity index (χ3n) is 1.88. The summed E-state index contributed by atoms with van der Waals surface area (Å²) in [7, 11) is 0. The van der Waals surface area contributed by atoms with E-state index >= 15 is 0 Å². The van der Waals surface area contributed by atoms with Crippen LogP contribution in [0.5, 0.6) is 0 Å². The first-order chi connectivity index (χ1) is 7.22. The largest absolute Gasteiger partial charge is 0.462 e. The van der Waals surface area contributed by atoms with Crippen LogP contribution >= 0.6 is 11.6 Å². The Labute approximate surface area is 90.6 Å². The van der Waals surface area contributed by atoms with Crippen LogP contribution in [0.4, 0.5) is 0 Å². The fourth-order valence-electron chi connectivity index (χ4n) is 1.23. The molecule has 0 spiro atoms. The second-order valence-electron chi connectivity index (χ2n) is 2.82. The van der Waals surface area contributed by atoms with Gasteiger partial charge in [-0.05, 0) is 6.92 Å². The predicted octanol–water partition coefficient (Wildman–Crippen LogP) is 1.56. The maximum Gasteiger partial charge on any atom is 0.341 e. The van der Waals surface area contributed by atoms with Crippen molar-refractivity contribution in [1.29, 1.82) is 0 Å². The minimum Gasteiger partial charge on any atom is -0.462 e. The first kappa shape index (κ1) is 9.92. The van der Waals surface area contributed by atoms with E-state index in [2.05, 4.69) is 10.1 Å². The number of esters is 1. The number of nitrogens with zero attached hydrogens (tertiary/aromatic N) is 3. The van der Waals surface area contributed by atoms with Gasteiger partial charge in [-0.1, -0.05) is 11.6 Å². The molecule has 0 aliphatic carbocycles. The number of fused-ring (bicyclic) bond motifs is 1.